The lowest BCUT2D eigenvalue weighted by molar-refractivity contribution is 0.102. The first kappa shape index (κ1) is 15.3. The summed E-state index contributed by atoms with van der Waals surface area (Å²) in [4.78, 5) is 12.3. The summed E-state index contributed by atoms with van der Waals surface area (Å²) in [5, 5.41) is 6.26. The van der Waals surface area contributed by atoms with Crippen molar-refractivity contribution in [2.24, 2.45) is 0 Å². The van der Waals surface area contributed by atoms with Crippen molar-refractivity contribution >= 4 is 28.9 Å². The van der Waals surface area contributed by atoms with Crippen LogP contribution in [0.3, 0.4) is 0 Å². The van der Waals surface area contributed by atoms with Crippen LogP contribution < -0.4 is 10.6 Å². The number of benzene rings is 2. The van der Waals surface area contributed by atoms with E-state index in [1.165, 1.54) is 12.1 Å². The fraction of sp³-hybridized carbons (Fsp3) is 0.188. The lowest BCUT2D eigenvalue weighted by atomic mass is 10.1. The van der Waals surface area contributed by atoms with Crippen LogP contribution in [0.15, 0.2) is 42.5 Å². The molecule has 0 radical (unpaired) electrons. The molecule has 2 aromatic rings. The van der Waals surface area contributed by atoms with Crippen LogP contribution in [-0.2, 0) is 0 Å². The van der Waals surface area contributed by atoms with E-state index in [2.05, 4.69) is 10.6 Å². The van der Waals surface area contributed by atoms with Crippen LogP contribution in [0, 0.1) is 5.82 Å². The quantitative estimate of drug-likeness (QED) is 0.850. The number of hydrogen-bond acceptors (Lipinski definition) is 2. The number of hydrogen-bond donors (Lipinski definition) is 2. The van der Waals surface area contributed by atoms with Gasteiger partial charge >= 0.3 is 0 Å². The average molecular weight is 307 g/mol. The molecular weight excluding hydrogens is 291 g/mol. The van der Waals surface area contributed by atoms with Crippen LogP contribution in [-0.4, -0.2) is 12.5 Å². The van der Waals surface area contributed by atoms with Crippen LogP contribution in [0.5, 0.6) is 0 Å². The number of carbonyl (C=O) groups is 1. The summed E-state index contributed by atoms with van der Waals surface area (Å²) in [5.41, 5.74) is 1.11. The van der Waals surface area contributed by atoms with Gasteiger partial charge < -0.3 is 10.6 Å². The van der Waals surface area contributed by atoms with Crippen LogP contribution in [0.25, 0.3) is 0 Å². The molecule has 3 nitrogen and oxygen atoms in total. The molecule has 0 unspecified atom stereocenters. The van der Waals surface area contributed by atoms with Gasteiger partial charge in [-0.3, -0.25) is 4.79 Å². The zero-order chi connectivity index (χ0) is 15.2. The molecule has 0 aliphatic rings. The molecule has 5 heteroatoms. The third-order valence-corrected chi connectivity index (χ3v) is 3.16. The Morgan fingerprint density at radius 2 is 1.90 bits per heavy atom. The van der Waals surface area contributed by atoms with E-state index in [-0.39, 0.29) is 17.2 Å². The molecule has 2 aromatic carbocycles. The normalized spacial score (nSPS) is 10.2. The lowest BCUT2D eigenvalue weighted by Crippen LogP contribution is -2.16. The number of carbonyl (C=O) groups excluding carboxylic acids is 1. The summed E-state index contributed by atoms with van der Waals surface area (Å²) in [7, 11) is 0. The van der Waals surface area contributed by atoms with E-state index < -0.39 is 5.82 Å². The first-order valence-electron chi connectivity index (χ1n) is 6.71. The summed E-state index contributed by atoms with van der Waals surface area (Å²) < 4.78 is 13.9. The number of halogens is 2. The van der Waals surface area contributed by atoms with Crippen LogP contribution in [0.2, 0.25) is 5.02 Å². The summed E-state index contributed by atoms with van der Waals surface area (Å²) in [6.45, 7) is 2.57. The SMILES string of the molecule is CCCNc1c(F)cccc1C(=O)Nc1ccc(Cl)cc1. The minimum absolute atomic E-state index is 0.228. The van der Waals surface area contributed by atoms with E-state index in [0.29, 0.717) is 17.3 Å². The number of para-hydroxylation sites is 1. The molecule has 21 heavy (non-hydrogen) atoms. The predicted octanol–water partition coefficient (Wildman–Crippen LogP) is 4.55. The van der Waals surface area contributed by atoms with E-state index in [1.807, 2.05) is 6.92 Å². The van der Waals surface area contributed by atoms with Crippen molar-refractivity contribution in [3.63, 3.8) is 0 Å². The standard InChI is InChI=1S/C16H16ClFN2O/c1-2-10-19-15-13(4-3-5-14(15)18)16(21)20-12-8-6-11(17)7-9-12/h3-9,19H,2,10H2,1H3,(H,20,21). The molecule has 0 bridgehead atoms. The molecule has 0 saturated heterocycles. The summed E-state index contributed by atoms with van der Waals surface area (Å²) in [6, 6.07) is 11.2. The maximum Gasteiger partial charge on any atom is 0.257 e. The second-order valence-corrected chi connectivity index (χ2v) is 4.99. The minimum atomic E-state index is -0.438. The Hall–Kier alpha value is -2.07. The molecule has 2 N–H and O–H groups in total. The largest absolute Gasteiger partial charge is 0.382 e. The van der Waals surface area contributed by atoms with Crippen molar-refractivity contribution in [2.75, 3.05) is 17.2 Å². The minimum Gasteiger partial charge on any atom is -0.382 e. The van der Waals surface area contributed by atoms with Gasteiger partial charge in [0.05, 0.1) is 11.3 Å². The highest BCUT2D eigenvalue weighted by Crippen LogP contribution is 2.22. The maximum absolute atomic E-state index is 13.9. The number of anilines is 2. The first-order valence-corrected chi connectivity index (χ1v) is 7.09. The lowest BCUT2D eigenvalue weighted by Gasteiger charge is -2.12. The highest BCUT2D eigenvalue weighted by molar-refractivity contribution is 6.30. The Balaban J connectivity index is 2.22. The van der Waals surface area contributed by atoms with Gasteiger partial charge in [0.25, 0.3) is 5.91 Å². The van der Waals surface area contributed by atoms with Gasteiger partial charge in [0.1, 0.15) is 5.82 Å². The molecule has 0 atom stereocenters. The number of amides is 1. The van der Waals surface area contributed by atoms with Gasteiger partial charge in [-0.05, 0) is 42.8 Å². The van der Waals surface area contributed by atoms with Gasteiger partial charge in [-0.2, -0.15) is 0 Å². The van der Waals surface area contributed by atoms with E-state index in [9.17, 15) is 9.18 Å². The fourth-order valence-electron chi connectivity index (χ4n) is 1.87. The first-order chi connectivity index (χ1) is 10.1. The zero-order valence-electron chi connectivity index (χ0n) is 11.6. The fourth-order valence-corrected chi connectivity index (χ4v) is 2.00. The Kier molecular flexibility index (Phi) is 5.17. The average Bonchev–Trinajstić information content (AvgIpc) is 2.48. The van der Waals surface area contributed by atoms with Gasteiger partial charge in [-0.15, -0.1) is 0 Å². The number of nitrogens with one attached hydrogen (secondary N) is 2. The molecular formula is C16H16ClFN2O. The highest BCUT2D eigenvalue weighted by atomic mass is 35.5. The van der Waals surface area contributed by atoms with E-state index in [0.717, 1.165) is 6.42 Å². The van der Waals surface area contributed by atoms with E-state index >= 15 is 0 Å². The van der Waals surface area contributed by atoms with Crippen LogP contribution in [0.4, 0.5) is 15.8 Å². The number of rotatable bonds is 5. The molecule has 0 aliphatic carbocycles. The van der Waals surface area contributed by atoms with E-state index in [4.69, 9.17) is 11.6 Å². The van der Waals surface area contributed by atoms with Crippen molar-refractivity contribution in [1.29, 1.82) is 0 Å². The Labute approximate surface area is 128 Å². The van der Waals surface area contributed by atoms with Crippen LogP contribution >= 0.6 is 11.6 Å². The highest BCUT2D eigenvalue weighted by Gasteiger charge is 2.14. The molecule has 0 heterocycles. The monoisotopic (exact) mass is 306 g/mol. The van der Waals surface area contributed by atoms with Gasteiger partial charge in [-0.25, -0.2) is 4.39 Å². The maximum atomic E-state index is 13.9. The third kappa shape index (κ3) is 3.95. The summed E-state index contributed by atoms with van der Waals surface area (Å²) >= 11 is 5.80. The molecule has 110 valence electrons. The molecule has 0 aliphatic heterocycles. The van der Waals surface area contributed by atoms with Crippen molar-refractivity contribution in [2.45, 2.75) is 13.3 Å². The molecule has 0 spiro atoms. The molecule has 1 amide bonds. The predicted molar refractivity (Wildman–Crippen MR) is 84.6 cm³/mol. The molecule has 0 fully saturated rings. The molecule has 0 aromatic heterocycles. The van der Waals surface area contributed by atoms with Crippen molar-refractivity contribution in [1.82, 2.24) is 0 Å². The van der Waals surface area contributed by atoms with Crippen molar-refractivity contribution in [3.8, 4) is 0 Å². The molecule has 2 rings (SSSR count). The smallest absolute Gasteiger partial charge is 0.257 e. The van der Waals surface area contributed by atoms with Gasteiger partial charge in [0.15, 0.2) is 0 Å². The van der Waals surface area contributed by atoms with Gasteiger partial charge in [0, 0.05) is 17.3 Å². The van der Waals surface area contributed by atoms with Crippen LogP contribution in [0.1, 0.15) is 23.7 Å². The summed E-state index contributed by atoms with van der Waals surface area (Å²) in [6.07, 6.45) is 0.840. The van der Waals surface area contributed by atoms with Gasteiger partial charge in [-0.1, -0.05) is 24.6 Å². The Morgan fingerprint density at radius 3 is 2.57 bits per heavy atom. The van der Waals surface area contributed by atoms with E-state index in [1.54, 1.807) is 30.3 Å². The second-order valence-electron chi connectivity index (χ2n) is 4.55. The Bertz CT molecular complexity index is 629. The topological polar surface area (TPSA) is 41.1 Å². The second kappa shape index (κ2) is 7.09. The zero-order valence-corrected chi connectivity index (χ0v) is 12.4. The summed E-state index contributed by atoms with van der Waals surface area (Å²) in [5.74, 6) is -0.803. The third-order valence-electron chi connectivity index (χ3n) is 2.91. The molecule has 0 saturated carbocycles. The van der Waals surface area contributed by atoms with Crippen molar-refractivity contribution in [3.05, 3.63) is 58.9 Å². The van der Waals surface area contributed by atoms with Gasteiger partial charge in [0.2, 0.25) is 0 Å². The van der Waals surface area contributed by atoms with Crippen molar-refractivity contribution < 1.29 is 9.18 Å². The Morgan fingerprint density at radius 1 is 1.19 bits per heavy atom.